The highest BCUT2D eigenvalue weighted by Gasteiger charge is 2.53. The molecule has 0 heterocycles. The van der Waals surface area contributed by atoms with Gasteiger partial charge < -0.3 is 5.11 Å². The van der Waals surface area contributed by atoms with E-state index in [9.17, 15) is 18.3 Å². The highest BCUT2D eigenvalue weighted by molar-refractivity contribution is 7.91. The second-order valence-corrected chi connectivity index (χ2v) is 6.27. The first-order valence-corrected chi connectivity index (χ1v) is 6.91. The Bertz CT molecular complexity index is 423. The molecular weight excluding hydrogens is 230 g/mol. The molecule has 5 nitrogen and oxygen atoms in total. The first-order chi connectivity index (χ1) is 7.34. The molecule has 0 aromatic carbocycles. The third-order valence-electron chi connectivity index (χ3n) is 2.99. The van der Waals surface area contributed by atoms with E-state index in [1.54, 1.807) is 0 Å². The van der Waals surface area contributed by atoms with Crippen molar-refractivity contribution in [2.24, 2.45) is 0 Å². The molecule has 0 bridgehead atoms. The Labute approximate surface area is 95.1 Å². The number of rotatable bonds is 4. The maximum atomic E-state index is 11.6. The molecule has 2 unspecified atom stereocenters. The lowest BCUT2D eigenvalue weighted by Gasteiger charge is -2.30. The fraction of sp³-hybridized carbons (Fsp3) is 0.700. The van der Waals surface area contributed by atoms with Gasteiger partial charge in [-0.15, -0.1) is 6.42 Å². The van der Waals surface area contributed by atoms with Crippen LogP contribution in [0.5, 0.6) is 0 Å². The summed E-state index contributed by atoms with van der Waals surface area (Å²) >= 11 is 0. The van der Waals surface area contributed by atoms with Crippen LogP contribution in [-0.2, 0) is 14.6 Å². The fourth-order valence-electron chi connectivity index (χ4n) is 2.28. The number of carboxylic acid groups (broad SMARTS) is 1. The van der Waals surface area contributed by atoms with Gasteiger partial charge in [0.25, 0.3) is 0 Å². The van der Waals surface area contributed by atoms with E-state index >= 15 is 0 Å². The molecule has 0 spiro atoms. The average molecular weight is 245 g/mol. The molecule has 2 N–H and O–H groups in total. The predicted molar refractivity (Wildman–Crippen MR) is 59.7 cm³/mol. The van der Waals surface area contributed by atoms with Gasteiger partial charge in [-0.1, -0.05) is 5.92 Å². The number of sulfone groups is 1. The van der Waals surface area contributed by atoms with Gasteiger partial charge in [-0.25, -0.2) is 8.42 Å². The Morgan fingerprint density at radius 3 is 2.75 bits per heavy atom. The van der Waals surface area contributed by atoms with Gasteiger partial charge in [0.1, 0.15) is 5.54 Å². The Balaban J connectivity index is 3.10. The van der Waals surface area contributed by atoms with E-state index in [2.05, 4.69) is 11.2 Å². The molecule has 1 aliphatic carbocycles. The topological polar surface area (TPSA) is 83.5 Å². The third-order valence-corrected chi connectivity index (χ3v) is 4.66. The van der Waals surface area contributed by atoms with E-state index in [-0.39, 0.29) is 6.54 Å². The monoisotopic (exact) mass is 245 g/mol. The van der Waals surface area contributed by atoms with Crippen molar-refractivity contribution in [1.29, 1.82) is 0 Å². The van der Waals surface area contributed by atoms with Crippen LogP contribution in [0.25, 0.3) is 0 Å². The zero-order chi connectivity index (χ0) is 12.4. The SMILES string of the molecule is C#CCNC1(C(=O)O)CCCC1S(C)(=O)=O. The Hall–Kier alpha value is -1.06. The second-order valence-electron chi connectivity index (χ2n) is 4.04. The smallest absolute Gasteiger partial charge is 0.325 e. The van der Waals surface area contributed by atoms with E-state index in [1.165, 1.54) is 0 Å². The van der Waals surface area contributed by atoms with Crippen molar-refractivity contribution in [3.05, 3.63) is 0 Å². The fourth-order valence-corrected chi connectivity index (χ4v) is 3.91. The normalized spacial score (nSPS) is 29.9. The summed E-state index contributed by atoms with van der Waals surface area (Å²) in [6, 6.07) is 0. The number of terminal acetylenes is 1. The van der Waals surface area contributed by atoms with E-state index in [1.807, 2.05) is 0 Å². The molecular formula is C10H15NO4S. The van der Waals surface area contributed by atoms with E-state index in [4.69, 9.17) is 6.42 Å². The van der Waals surface area contributed by atoms with Crippen LogP contribution in [0.4, 0.5) is 0 Å². The van der Waals surface area contributed by atoms with Crippen LogP contribution >= 0.6 is 0 Å². The van der Waals surface area contributed by atoms with E-state index in [0.29, 0.717) is 19.3 Å². The summed E-state index contributed by atoms with van der Waals surface area (Å²) in [5, 5.41) is 11.0. The van der Waals surface area contributed by atoms with Gasteiger partial charge in [0.15, 0.2) is 9.84 Å². The molecule has 0 amide bonds. The largest absolute Gasteiger partial charge is 0.480 e. The van der Waals surface area contributed by atoms with Crippen molar-refractivity contribution in [2.75, 3.05) is 12.8 Å². The summed E-state index contributed by atoms with van der Waals surface area (Å²) in [4.78, 5) is 11.3. The van der Waals surface area contributed by atoms with Crippen LogP contribution < -0.4 is 5.32 Å². The Morgan fingerprint density at radius 1 is 1.69 bits per heavy atom. The second kappa shape index (κ2) is 4.44. The van der Waals surface area contributed by atoms with Crippen molar-refractivity contribution in [3.63, 3.8) is 0 Å². The van der Waals surface area contributed by atoms with E-state index < -0.39 is 26.6 Å². The minimum absolute atomic E-state index is 0.0539. The molecule has 2 atom stereocenters. The molecule has 0 aromatic heterocycles. The van der Waals surface area contributed by atoms with Crippen molar-refractivity contribution >= 4 is 15.8 Å². The standard InChI is InChI=1S/C10H15NO4S/c1-3-7-11-10(9(12)13)6-4-5-8(10)16(2,14)15/h1,8,11H,4-7H2,2H3,(H,12,13). The number of carboxylic acids is 1. The van der Waals surface area contributed by atoms with E-state index in [0.717, 1.165) is 6.26 Å². The number of nitrogens with one attached hydrogen (secondary N) is 1. The first kappa shape index (κ1) is 13.0. The molecule has 0 saturated heterocycles. The molecule has 1 aliphatic rings. The predicted octanol–water partition coefficient (Wildman–Crippen LogP) is -0.370. The molecule has 90 valence electrons. The van der Waals surface area contributed by atoms with Crippen LogP contribution in [0.15, 0.2) is 0 Å². The first-order valence-electron chi connectivity index (χ1n) is 4.95. The lowest BCUT2D eigenvalue weighted by atomic mass is 9.97. The number of hydrogen-bond acceptors (Lipinski definition) is 4. The van der Waals surface area contributed by atoms with Crippen molar-refractivity contribution in [3.8, 4) is 12.3 Å². The summed E-state index contributed by atoms with van der Waals surface area (Å²) in [6.45, 7) is 0.0539. The van der Waals surface area contributed by atoms with Gasteiger partial charge in [-0.2, -0.15) is 0 Å². The average Bonchev–Trinajstić information content (AvgIpc) is 2.58. The zero-order valence-electron chi connectivity index (χ0n) is 9.06. The van der Waals surface area contributed by atoms with Gasteiger partial charge >= 0.3 is 5.97 Å². The summed E-state index contributed by atoms with van der Waals surface area (Å²) in [5.74, 6) is 1.13. The lowest BCUT2D eigenvalue weighted by molar-refractivity contribution is -0.144. The molecule has 1 fully saturated rings. The highest BCUT2D eigenvalue weighted by Crippen LogP contribution is 2.35. The van der Waals surface area contributed by atoms with Gasteiger partial charge in [0.2, 0.25) is 0 Å². The molecule has 6 heteroatoms. The van der Waals surface area contributed by atoms with Crippen LogP contribution in [0.3, 0.4) is 0 Å². The van der Waals surface area contributed by atoms with Crippen LogP contribution in [0.2, 0.25) is 0 Å². The Morgan fingerprint density at radius 2 is 2.31 bits per heavy atom. The summed E-state index contributed by atoms with van der Waals surface area (Å²) in [6.07, 6.45) is 7.36. The quantitative estimate of drug-likeness (QED) is 0.660. The molecule has 0 aromatic rings. The van der Waals surface area contributed by atoms with Gasteiger partial charge in [0, 0.05) is 6.26 Å². The highest BCUT2D eigenvalue weighted by atomic mass is 32.2. The number of carbonyl (C=O) groups is 1. The molecule has 0 radical (unpaired) electrons. The lowest BCUT2D eigenvalue weighted by Crippen LogP contribution is -2.59. The Kier molecular flexibility index (Phi) is 3.61. The molecule has 0 aliphatic heterocycles. The minimum atomic E-state index is -3.40. The summed E-state index contributed by atoms with van der Waals surface area (Å²) in [5.41, 5.74) is -1.42. The van der Waals surface area contributed by atoms with Gasteiger partial charge in [-0.3, -0.25) is 10.1 Å². The van der Waals surface area contributed by atoms with Gasteiger partial charge in [0.05, 0.1) is 11.8 Å². The van der Waals surface area contributed by atoms with Crippen molar-refractivity contribution < 1.29 is 18.3 Å². The van der Waals surface area contributed by atoms with Gasteiger partial charge in [-0.05, 0) is 19.3 Å². The van der Waals surface area contributed by atoms with Crippen molar-refractivity contribution in [2.45, 2.75) is 30.1 Å². The minimum Gasteiger partial charge on any atom is -0.480 e. The van der Waals surface area contributed by atoms with Crippen LogP contribution in [-0.4, -0.2) is 43.1 Å². The van der Waals surface area contributed by atoms with Crippen molar-refractivity contribution in [1.82, 2.24) is 5.32 Å². The third kappa shape index (κ3) is 2.20. The van der Waals surface area contributed by atoms with Crippen LogP contribution in [0, 0.1) is 12.3 Å². The summed E-state index contributed by atoms with van der Waals surface area (Å²) < 4.78 is 23.1. The number of aliphatic carboxylic acids is 1. The zero-order valence-corrected chi connectivity index (χ0v) is 9.88. The molecule has 1 saturated carbocycles. The maximum Gasteiger partial charge on any atom is 0.325 e. The summed E-state index contributed by atoms with van der Waals surface area (Å²) in [7, 11) is -3.40. The number of hydrogen-bond donors (Lipinski definition) is 2. The molecule has 16 heavy (non-hydrogen) atoms. The van der Waals surface area contributed by atoms with Crippen LogP contribution in [0.1, 0.15) is 19.3 Å². The maximum absolute atomic E-state index is 11.6. The molecule has 1 rings (SSSR count).